The smallest absolute Gasteiger partial charge is 0.243 e. The maximum atomic E-state index is 13.4. The van der Waals surface area contributed by atoms with Gasteiger partial charge in [0.2, 0.25) is 15.9 Å². The van der Waals surface area contributed by atoms with Crippen molar-refractivity contribution in [3.8, 4) is 11.5 Å². The van der Waals surface area contributed by atoms with Gasteiger partial charge >= 0.3 is 0 Å². The highest BCUT2D eigenvalue weighted by Gasteiger charge is 2.40. The van der Waals surface area contributed by atoms with E-state index in [0.29, 0.717) is 30.9 Å². The Labute approximate surface area is 183 Å². The van der Waals surface area contributed by atoms with Crippen LogP contribution >= 0.6 is 0 Å². The normalized spacial score (nSPS) is 21.6. The van der Waals surface area contributed by atoms with Gasteiger partial charge in [0.05, 0.1) is 17.7 Å². The van der Waals surface area contributed by atoms with Gasteiger partial charge in [-0.3, -0.25) is 4.79 Å². The summed E-state index contributed by atoms with van der Waals surface area (Å²) < 4.78 is 39.9. The highest BCUT2D eigenvalue weighted by molar-refractivity contribution is 7.89. The number of nitrogens with zero attached hydrogens (tertiary/aromatic N) is 1. The van der Waals surface area contributed by atoms with E-state index in [1.54, 1.807) is 6.07 Å². The molecule has 31 heavy (non-hydrogen) atoms. The Hall–Kier alpha value is -2.58. The number of carbonyl (C=O) groups excluding carboxylic acids is 1. The first kappa shape index (κ1) is 21.6. The lowest BCUT2D eigenvalue weighted by Crippen LogP contribution is -2.41. The molecule has 0 saturated carbocycles. The molecular formula is C23H28N2O5S. The number of methoxy groups -OCH3 is 1. The SMILES string of the molecule is COc1ccc(S(=O)(=O)N2CCC[C@@]3(CCc4ccccc4O3)CC2)cc1NC(C)=O. The molecule has 0 aromatic heterocycles. The van der Waals surface area contributed by atoms with Crippen molar-refractivity contribution in [1.29, 1.82) is 0 Å². The van der Waals surface area contributed by atoms with Crippen LogP contribution in [0, 0.1) is 0 Å². The Morgan fingerprint density at radius 2 is 1.94 bits per heavy atom. The molecule has 2 aliphatic heterocycles. The molecule has 1 N–H and O–H groups in total. The first-order chi connectivity index (χ1) is 14.8. The van der Waals surface area contributed by atoms with Crippen LogP contribution in [0.15, 0.2) is 47.4 Å². The minimum Gasteiger partial charge on any atom is -0.495 e. The molecule has 1 atom stereocenters. The van der Waals surface area contributed by atoms with Crippen molar-refractivity contribution >= 4 is 21.6 Å². The van der Waals surface area contributed by atoms with Crippen LogP contribution in [0.25, 0.3) is 0 Å². The van der Waals surface area contributed by atoms with E-state index in [2.05, 4.69) is 11.4 Å². The van der Waals surface area contributed by atoms with E-state index in [1.807, 2.05) is 18.2 Å². The molecule has 0 radical (unpaired) electrons. The number of benzene rings is 2. The van der Waals surface area contributed by atoms with Crippen molar-refractivity contribution in [1.82, 2.24) is 4.31 Å². The number of anilines is 1. The second-order valence-corrected chi connectivity index (χ2v) is 10.1. The first-order valence-corrected chi connectivity index (χ1v) is 12.0. The van der Waals surface area contributed by atoms with Crippen molar-refractivity contribution in [3.63, 3.8) is 0 Å². The van der Waals surface area contributed by atoms with Crippen molar-refractivity contribution in [2.45, 2.75) is 49.5 Å². The van der Waals surface area contributed by atoms with Crippen molar-refractivity contribution in [3.05, 3.63) is 48.0 Å². The zero-order valence-electron chi connectivity index (χ0n) is 17.9. The number of amides is 1. The molecule has 4 rings (SSSR count). The number of sulfonamides is 1. The number of hydrogen-bond acceptors (Lipinski definition) is 5. The summed E-state index contributed by atoms with van der Waals surface area (Å²) in [7, 11) is -2.24. The summed E-state index contributed by atoms with van der Waals surface area (Å²) in [6.45, 7) is 2.21. The molecule has 7 nitrogen and oxygen atoms in total. The lowest BCUT2D eigenvalue weighted by atomic mass is 9.85. The van der Waals surface area contributed by atoms with Crippen LogP contribution in [0.4, 0.5) is 5.69 Å². The number of rotatable bonds is 4. The Bertz CT molecular complexity index is 1090. The molecule has 2 aromatic rings. The predicted molar refractivity (Wildman–Crippen MR) is 118 cm³/mol. The van der Waals surface area contributed by atoms with Gasteiger partial charge in [-0.15, -0.1) is 0 Å². The number of hydrogen-bond donors (Lipinski definition) is 1. The molecule has 0 unspecified atom stereocenters. The predicted octanol–water partition coefficient (Wildman–Crippen LogP) is 3.59. The average Bonchev–Trinajstić information content (AvgIpc) is 2.96. The fraction of sp³-hybridized carbons (Fsp3) is 0.435. The summed E-state index contributed by atoms with van der Waals surface area (Å²) in [4.78, 5) is 11.6. The van der Waals surface area contributed by atoms with E-state index in [-0.39, 0.29) is 16.4 Å². The maximum absolute atomic E-state index is 13.4. The van der Waals surface area contributed by atoms with Gasteiger partial charge in [-0.05, 0) is 55.5 Å². The molecule has 2 aromatic carbocycles. The molecule has 1 amide bonds. The summed E-state index contributed by atoms with van der Waals surface area (Å²) in [6.07, 6.45) is 4.05. The lowest BCUT2D eigenvalue weighted by molar-refractivity contribution is -0.114. The number of para-hydroxylation sites is 1. The highest BCUT2D eigenvalue weighted by Crippen LogP contribution is 2.40. The third-order valence-electron chi connectivity index (χ3n) is 6.13. The fourth-order valence-electron chi connectivity index (χ4n) is 4.48. The molecule has 1 spiro atoms. The number of nitrogens with one attached hydrogen (secondary N) is 1. The summed E-state index contributed by atoms with van der Waals surface area (Å²) in [6, 6.07) is 12.6. The Morgan fingerprint density at radius 3 is 2.71 bits per heavy atom. The van der Waals surface area contributed by atoms with Crippen LogP contribution in [0.5, 0.6) is 11.5 Å². The zero-order chi connectivity index (χ0) is 22.1. The van der Waals surface area contributed by atoms with Gasteiger partial charge in [0.15, 0.2) is 0 Å². The summed E-state index contributed by atoms with van der Waals surface area (Å²) in [5.41, 5.74) is 1.24. The fourth-order valence-corrected chi connectivity index (χ4v) is 5.98. The van der Waals surface area contributed by atoms with Crippen molar-refractivity contribution in [2.24, 2.45) is 0 Å². The number of aryl methyl sites for hydroxylation is 1. The second kappa shape index (κ2) is 8.51. The lowest BCUT2D eigenvalue weighted by Gasteiger charge is -2.38. The van der Waals surface area contributed by atoms with Gasteiger partial charge in [0, 0.05) is 26.4 Å². The molecular weight excluding hydrogens is 416 g/mol. The van der Waals surface area contributed by atoms with E-state index < -0.39 is 10.0 Å². The van der Waals surface area contributed by atoms with Gasteiger partial charge in [0.1, 0.15) is 17.1 Å². The first-order valence-electron chi connectivity index (χ1n) is 10.6. The van der Waals surface area contributed by atoms with Crippen LogP contribution in [-0.4, -0.2) is 44.4 Å². The van der Waals surface area contributed by atoms with Crippen LogP contribution in [0.1, 0.15) is 38.2 Å². The quantitative estimate of drug-likeness (QED) is 0.779. The molecule has 1 fully saturated rings. The van der Waals surface area contributed by atoms with Crippen LogP contribution in [0.3, 0.4) is 0 Å². The van der Waals surface area contributed by atoms with Gasteiger partial charge in [0.25, 0.3) is 0 Å². The molecule has 0 aliphatic carbocycles. The third kappa shape index (κ3) is 4.41. The van der Waals surface area contributed by atoms with Gasteiger partial charge < -0.3 is 14.8 Å². The zero-order valence-corrected chi connectivity index (χ0v) is 18.7. The number of ether oxygens (including phenoxy) is 2. The highest BCUT2D eigenvalue weighted by atomic mass is 32.2. The number of fused-ring (bicyclic) bond motifs is 1. The Balaban J connectivity index is 1.55. The standard InChI is InChI=1S/C23H28N2O5S/c1-17(26)24-20-16-19(8-9-22(20)29-2)31(27,28)25-14-5-11-23(13-15-25)12-10-18-6-3-4-7-21(18)30-23/h3-4,6-9,16H,5,10-15H2,1-2H3,(H,24,26)/t23-/m1/s1. The van der Waals surface area contributed by atoms with E-state index in [0.717, 1.165) is 31.4 Å². The molecule has 0 bridgehead atoms. The van der Waals surface area contributed by atoms with Crippen LogP contribution in [0.2, 0.25) is 0 Å². The van der Waals surface area contributed by atoms with Gasteiger partial charge in [-0.1, -0.05) is 18.2 Å². The molecule has 166 valence electrons. The molecule has 2 heterocycles. The summed E-state index contributed by atoms with van der Waals surface area (Å²) >= 11 is 0. The van der Waals surface area contributed by atoms with E-state index >= 15 is 0 Å². The Kier molecular flexibility index (Phi) is 5.94. The largest absolute Gasteiger partial charge is 0.495 e. The third-order valence-corrected chi connectivity index (χ3v) is 8.02. The second-order valence-electron chi connectivity index (χ2n) is 8.19. The average molecular weight is 445 g/mol. The summed E-state index contributed by atoms with van der Waals surface area (Å²) in [5, 5.41) is 2.64. The minimum absolute atomic E-state index is 0.142. The topological polar surface area (TPSA) is 84.9 Å². The van der Waals surface area contributed by atoms with E-state index in [9.17, 15) is 13.2 Å². The monoisotopic (exact) mass is 444 g/mol. The summed E-state index contributed by atoms with van der Waals surface area (Å²) in [5.74, 6) is 1.04. The van der Waals surface area contributed by atoms with Crippen molar-refractivity contribution < 1.29 is 22.7 Å². The number of carbonyl (C=O) groups is 1. The molecule has 8 heteroatoms. The van der Waals surface area contributed by atoms with Crippen LogP contribution < -0.4 is 14.8 Å². The molecule has 2 aliphatic rings. The van der Waals surface area contributed by atoms with E-state index in [1.165, 1.54) is 36.0 Å². The minimum atomic E-state index is -3.71. The van der Waals surface area contributed by atoms with Crippen molar-refractivity contribution in [2.75, 3.05) is 25.5 Å². The van der Waals surface area contributed by atoms with E-state index in [4.69, 9.17) is 9.47 Å². The van der Waals surface area contributed by atoms with Gasteiger partial charge in [-0.25, -0.2) is 8.42 Å². The maximum Gasteiger partial charge on any atom is 0.243 e. The Morgan fingerprint density at radius 1 is 1.13 bits per heavy atom. The van der Waals surface area contributed by atoms with Gasteiger partial charge in [-0.2, -0.15) is 4.31 Å². The van der Waals surface area contributed by atoms with Crippen LogP contribution in [-0.2, 0) is 21.2 Å². The molecule has 1 saturated heterocycles.